The van der Waals surface area contributed by atoms with E-state index >= 15 is 0 Å². The number of nitrogens with zero attached hydrogens (tertiary/aromatic N) is 4. The van der Waals surface area contributed by atoms with Crippen molar-refractivity contribution in [2.75, 3.05) is 38.6 Å². The van der Waals surface area contributed by atoms with Crippen molar-refractivity contribution < 1.29 is 9.84 Å². The molecule has 0 bridgehead atoms. The van der Waals surface area contributed by atoms with Crippen LogP contribution in [0.4, 0.5) is 0 Å². The number of benzene rings is 1. The van der Waals surface area contributed by atoms with Gasteiger partial charge in [-0.2, -0.15) is 5.10 Å². The van der Waals surface area contributed by atoms with Crippen molar-refractivity contribution in [2.24, 2.45) is 0 Å². The monoisotopic (exact) mass is 401 g/mol. The van der Waals surface area contributed by atoms with Crippen molar-refractivity contribution in [1.82, 2.24) is 24.6 Å². The van der Waals surface area contributed by atoms with E-state index in [0.29, 0.717) is 16.2 Å². The Hall–Kier alpha value is -2.20. The van der Waals surface area contributed by atoms with Crippen LogP contribution in [0, 0.1) is 0 Å². The quantitative estimate of drug-likeness (QED) is 0.455. The van der Waals surface area contributed by atoms with Gasteiger partial charge in [0.2, 0.25) is 0 Å². The number of aliphatic hydroxyl groups is 1. The molecule has 1 aliphatic rings. The predicted molar refractivity (Wildman–Crippen MR) is 108 cm³/mol. The van der Waals surface area contributed by atoms with Gasteiger partial charge in [-0.15, -0.1) is 0 Å². The Kier molecular flexibility index (Phi) is 6.06. The SMILES string of the molecule is O=c1[nH]c(SCCN2CCOCC2)nc2c1cnn2CC(O)c1ccccc1. The maximum absolute atomic E-state index is 12.4. The van der Waals surface area contributed by atoms with E-state index in [1.54, 1.807) is 4.68 Å². The van der Waals surface area contributed by atoms with Gasteiger partial charge in [-0.1, -0.05) is 42.1 Å². The van der Waals surface area contributed by atoms with Gasteiger partial charge in [0.15, 0.2) is 10.8 Å². The number of aliphatic hydroxyl groups excluding tert-OH is 1. The number of ether oxygens (including phenoxy) is 1. The lowest BCUT2D eigenvalue weighted by molar-refractivity contribution is 0.0410. The largest absolute Gasteiger partial charge is 0.386 e. The zero-order valence-electron chi connectivity index (χ0n) is 15.5. The van der Waals surface area contributed by atoms with Crippen molar-refractivity contribution in [3.8, 4) is 0 Å². The molecule has 0 amide bonds. The third-order valence-corrected chi connectivity index (χ3v) is 5.62. The van der Waals surface area contributed by atoms with Gasteiger partial charge in [0, 0.05) is 25.4 Å². The summed E-state index contributed by atoms with van der Waals surface area (Å²) in [4.78, 5) is 22.1. The van der Waals surface area contributed by atoms with E-state index in [4.69, 9.17) is 4.74 Å². The van der Waals surface area contributed by atoms with Crippen LogP contribution in [0.3, 0.4) is 0 Å². The van der Waals surface area contributed by atoms with Crippen molar-refractivity contribution in [2.45, 2.75) is 17.8 Å². The van der Waals surface area contributed by atoms with Gasteiger partial charge in [-0.25, -0.2) is 9.67 Å². The van der Waals surface area contributed by atoms with Gasteiger partial charge in [-0.05, 0) is 5.56 Å². The van der Waals surface area contributed by atoms with E-state index < -0.39 is 6.10 Å². The van der Waals surface area contributed by atoms with Crippen molar-refractivity contribution in [1.29, 1.82) is 0 Å². The minimum Gasteiger partial charge on any atom is -0.386 e. The third kappa shape index (κ3) is 4.44. The molecule has 0 aliphatic carbocycles. The molecular formula is C19H23N5O3S. The molecule has 28 heavy (non-hydrogen) atoms. The van der Waals surface area contributed by atoms with Crippen LogP contribution in [0.2, 0.25) is 0 Å². The fourth-order valence-corrected chi connectivity index (χ4v) is 4.05. The van der Waals surface area contributed by atoms with Gasteiger partial charge >= 0.3 is 0 Å². The number of H-pyrrole nitrogens is 1. The lowest BCUT2D eigenvalue weighted by Crippen LogP contribution is -2.37. The molecule has 0 radical (unpaired) electrons. The first kappa shape index (κ1) is 19.1. The molecule has 3 heterocycles. The highest BCUT2D eigenvalue weighted by Gasteiger charge is 2.15. The molecule has 1 atom stereocenters. The molecule has 1 saturated heterocycles. The standard InChI is InChI=1S/C19H23N5O3S/c25-16(14-4-2-1-3-5-14)13-24-17-15(12-20-24)18(26)22-19(21-17)28-11-8-23-6-9-27-10-7-23/h1-5,12,16,25H,6-11,13H2,(H,21,22,26). The molecule has 1 aliphatic heterocycles. The predicted octanol–water partition coefficient (Wildman–Crippen LogP) is 1.28. The van der Waals surface area contributed by atoms with Crippen LogP contribution in [0.5, 0.6) is 0 Å². The summed E-state index contributed by atoms with van der Waals surface area (Å²) in [6.07, 6.45) is 0.781. The highest BCUT2D eigenvalue weighted by Crippen LogP contribution is 2.19. The molecule has 0 saturated carbocycles. The first-order chi connectivity index (χ1) is 13.7. The molecule has 148 valence electrons. The van der Waals surface area contributed by atoms with E-state index in [-0.39, 0.29) is 12.1 Å². The van der Waals surface area contributed by atoms with Crippen LogP contribution in [-0.4, -0.2) is 68.4 Å². The number of thioether (sulfide) groups is 1. The van der Waals surface area contributed by atoms with Crippen LogP contribution in [0.1, 0.15) is 11.7 Å². The fraction of sp³-hybridized carbons (Fsp3) is 0.421. The normalized spacial score (nSPS) is 16.5. The topological polar surface area (TPSA) is 96.3 Å². The summed E-state index contributed by atoms with van der Waals surface area (Å²) in [7, 11) is 0. The van der Waals surface area contributed by atoms with Gasteiger partial charge in [0.05, 0.1) is 32.1 Å². The second-order valence-electron chi connectivity index (χ2n) is 6.66. The Balaban J connectivity index is 1.47. The first-order valence-electron chi connectivity index (χ1n) is 9.32. The zero-order chi connectivity index (χ0) is 19.3. The molecule has 9 heteroatoms. The molecule has 1 unspecified atom stereocenters. The summed E-state index contributed by atoms with van der Waals surface area (Å²) in [6, 6.07) is 9.39. The number of aromatic nitrogens is 4. The van der Waals surface area contributed by atoms with Gasteiger partial charge in [-0.3, -0.25) is 9.69 Å². The molecule has 4 rings (SSSR count). The average Bonchev–Trinajstić information content (AvgIpc) is 3.13. The lowest BCUT2D eigenvalue weighted by Gasteiger charge is -2.26. The van der Waals surface area contributed by atoms with E-state index in [2.05, 4.69) is 20.0 Å². The molecule has 1 aromatic carbocycles. The van der Waals surface area contributed by atoms with Crippen molar-refractivity contribution in [3.05, 3.63) is 52.4 Å². The van der Waals surface area contributed by atoms with Crippen LogP contribution in [0.15, 0.2) is 46.5 Å². The Morgan fingerprint density at radius 1 is 1.25 bits per heavy atom. The smallest absolute Gasteiger partial charge is 0.262 e. The highest BCUT2D eigenvalue weighted by atomic mass is 32.2. The average molecular weight is 401 g/mol. The number of morpholine rings is 1. The molecule has 8 nitrogen and oxygen atoms in total. The maximum atomic E-state index is 12.4. The second kappa shape index (κ2) is 8.87. The fourth-order valence-electron chi connectivity index (χ4n) is 3.19. The molecule has 3 aromatic rings. The number of fused-ring (bicyclic) bond motifs is 1. The minimum absolute atomic E-state index is 0.209. The van der Waals surface area contributed by atoms with E-state index in [1.165, 1.54) is 18.0 Å². The van der Waals surface area contributed by atoms with Crippen molar-refractivity contribution >= 4 is 22.8 Å². The van der Waals surface area contributed by atoms with Crippen LogP contribution in [-0.2, 0) is 11.3 Å². The number of aromatic amines is 1. The molecule has 2 aromatic heterocycles. The number of hydrogen-bond donors (Lipinski definition) is 2. The summed E-state index contributed by atoms with van der Waals surface area (Å²) in [6.45, 7) is 4.58. The Morgan fingerprint density at radius 3 is 2.82 bits per heavy atom. The van der Waals surface area contributed by atoms with Crippen LogP contribution in [0.25, 0.3) is 11.0 Å². The zero-order valence-corrected chi connectivity index (χ0v) is 16.3. The lowest BCUT2D eigenvalue weighted by atomic mass is 10.1. The number of rotatable bonds is 7. The summed E-state index contributed by atoms with van der Waals surface area (Å²) in [5.41, 5.74) is 1.09. The Bertz CT molecular complexity index is 969. The summed E-state index contributed by atoms with van der Waals surface area (Å²) < 4.78 is 6.95. The molecule has 2 N–H and O–H groups in total. The number of nitrogens with one attached hydrogen (secondary N) is 1. The van der Waals surface area contributed by atoms with E-state index in [9.17, 15) is 9.90 Å². The van der Waals surface area contributed by atoms with E-state index in [1.807, 2.05) is 30.3 Å². The third-order valence-electron chi connectivity index (χ3n) is 4.76. The Labute approximate surface area is 166 Å². The van der Waals surface area contributed by atoms with Gasteiger partial charge in [0.1, 0.15) is 5.39 Å². The van der Waals surface area contributed by atoms with Crippen LogP contribution < -0.4 is 5.56 Å². The summed E-state index contributed by atoms with van der Waals surface area (Å²) >= 11 is 1.52. The minimum atomic E-state index is -0.720. The summed E-state index contributed by atoms with van der Waals surface area (Å²) in [5, 5.41) is 15.7. The van der Waals surface area contributed by atoms with Gasteiger partial charge < -0.3 is 14.8 Å². The summed E-state index contributed by atoms with van der Waals surface area (Å²) in [5.74, 6) is 0.829. The molecular weight excluding hydrogens is 378 g/mol. The van der Waals surface area contributed by atoms with E-state index in [0.717, 1.165) is 44.2 Å². The highest BCUT2D eigenvalue weighted by molar-refractivity contribution is 7.99. The second-order valence-corrected chi connectivity index (χ2v) is 7.75. The molecule has 1 fully saturated rings. The molecule has 0 spiro atoms. The first-order valence-corrected chi connectivity index (χ1v) is 10.3. The van der Waals surface area contributed by atoms with Crippen molar-refractivity contribution in [3.63, 3.8) is 0 Å². The Morgan fingerprint density at radius 2 is 2.04 bits per heavy atom. The number of hydrogen-bond acceptors (Lipinski definition) is 7. The van der Waals surface area contributed by atoms with Gasteiger partial charge in [0.25, 0.3) is 5.56 Å². The van der Waals surface area contributed by atoms with Crippen LogP contribution >= 0.6 is 11.8 Å². The maximum Gasteiger partial charge on any atom is 0.262 e.